The maximum Gasteiger partial charge on any atom is 0.197 e. The second-order valence-electron chi connectivity index (χ2n) is 12.1. The van der Waals surface area contributed by atoms with Gasteiger partial charge in [-0.3, -0.25) is 0 Å². The van der Waals surface area contributed by atoms with Crippen molar-refractivity contribution in [2.45, 2.75) is 107 Å². The van der Waals surface area contributed by atoms with E-state index >= 15 is 0 Å². The Kier molecular flexibility index (Phi) is 12.6. The minimum atomic E-state index is -0.714. The van der Waals surface area contributed by atoms with E-state index in [1.807, 2.05) is 24.3 Å². The van der Waals surface area contributed by atoms with Gasteiger partial charge in [0.1, 0.15) is 42.2 Å². The lowest BCUT2D eigenvalue weighted by Gasteiger charge is -2.45. The highest BCUT2D eigenvalue weighted by Gasteiger charge is 2.49. The average Bonchev–Trinajstić information content (AvgIpc) is 3.08. The molecule has 1 aliphatic heterocycles. The molecule has 2 saturated carbocycles. The van der Waals surface area contributed by atoms with E-state index in [1.54, 1.807) is 19.3 Å². The van der Waals surface area contributed by atoms with Gasteiger partial charge in [-0.25, -0.2) is 0 Å². The monoisotopic (exact) mass is 606 g/mol. The number of hydrogen-bond acceptors (Lipinski definition) is 7. The van der Waals surface area contributed by atoms with E-state index in [2.05, 4.69) is 37.4 Å². The summed E-state index contributed by atoms with van der Waals surface area (Å²) in [4.78, 5) is 0. The van der Waals surface area contributed by atoms with Crippen LogP contribution >= 0.6 is 0 Å². The van der Waals surface area contributed by atoms with Crippen molar-refractivity contribution in [3.63, 3.8) is 0 Å². The normalized spacial score (nSPS) is 26.5. The van der Waals surface area contributed by atoms with Crippen LogP contribution < -0.4 is 14.2 Å². The van der Waals surface area contributed by atoms with Crippen molar-refractivity contribution in [2.24, 2.45) is 0 Å². The fourth-order valence-electron chi connectivity index (χ4n) is 6.66. The maximum absolute atomic E-state index is 6.49. The molecule has 0 spiro atoms. The summed E-state index contributed by atoms with van der Waals surface area (Å²) in [7, 11) is 1.61. The SMILES string of the molecule is C=CCO[C@@H]1[C@@H](Oc2ccc(OC3CCCCC3)cc2)[C@@H](OC)O[C@H](COc2ccc(C3CCCCC3)cc2)[C@H]1OCC=C. The number of benzene rings is 2. The molecule has 0 unspecified atom stereocenters. The van der Waals surface area contributed by atoms with Gasteiger partial charge in [0.05, 0.1) is 19.3 Å². The Bertz CT molecular complexity index is 1120. The van der Waals surface area contributed by atoms with Crippen molar-refractivity contribution >= 4 is 0 Å². The largest absolute Gasteiger partial charge is 0.491 e. The summed E-state index contributed by atoms with van der Waals surface area (Å²) in [6.45, 7) is 8.60. The molecule has 0 radical (unpaired) electrons. The predicted octanol–water partition coefficient (Wildman–Crippen LogP) is 7.79. The quantitative estimate of drug-likeness (QED) is 0.192. The first kappa shape index (κ1) is 32.6. The van der Waals surface area contributed by atoms with Crippen LogP contribution in [0.15, 0.2) is 73.8 Å². The predicted molar refractivity (Wildman–Crippen MR) is 172 cm³/mol. The molecular weight excluding hydrogens is 556 g/mol. The third-order valence-electron chi connectivity index (χ3n) is 8.96. The zero-order chi connectivity index (χ0) is 30.6. The van der Waals surface area contributed by atoms with Crippen molar-refractivity contribution < 1.29 is 33.2 Å². The second-order valence-corrected chi connectivity index (χ2v) is 12.1. The van der Waals surface area contributed by atoms with E-state index < -0.39 is 30.7 Å². The Balaban J connectivity index is 1.27. The molecule has 240 valence electrons. The van der Waals surface area contributed by atoms with Gasteiger partial charge in [-0.1, -0.05) is 50.0 Å². The molecule has 1 saturated heterocycles. The molecule has 1 heterocycles. The first-order chi connectivity index (χ1) is 21.7. The Morgan fingerprint density at radius 3 is 1.86 bits per heavy atom. The van der Waals surface area contributed by atoms with Gasteiger partial charge in [0.25, 0.3) is 0 Å². The van der Waals surface area contributed by atoms with Crippen molar-refractivity contribution in [1.82, 2.24) is 0 Å². The molecule has 44 heavy (non-hydrogen) atoms. The van der Waals surface area contributed by atoms with E-state index in [4.69, 9.17) is 33.2 Å². The van der Waals surface area contributed by atoms with Crippen molar-refractivity contribution in [1.29, 1.82) is 0 Å². The fourth-order valence-corrected chi connectivity index (χ4v) is 6.66. The van der Waals surface area contributed by atoms with E-state index in [1.165, 1.54) is 56.9 Å². The van der Waals surface area contributed by atoms with Gasteiger partial charge in [0, 0.05) is 7.11 Å². The van der Waals surface area contributed by atoms with Gasteiger partial charge in [-0.15, -0.1) is 13.2 Å². The zero-order valence-electron chi connectivity index (χ0n) is 26.3. The van der Waals surface area contributed by atoms with Crippen molar-refractivity contribution in [3.05, 3.63) is 79.4 Å². The van der Waals surface area contributed by atoms with Gasteiger partial charge in [-0.05, 0) is 86.4 Å². The molecule has 2 aromatic rings. The van der Waals surface area contributed by atoms with Crippen LogP contribution in [-0.4, -0.2) is 63.7 Å². The average molecular weight is 607 g/mol. The van der Waals surface area contributed by atoms with Crippen LogP contribution in [0.1, 0.15) is 75.7 Å². The van der Waals surface area contributed by atoms with E-state index in [-0.39, 0.29) is 12.7 Å². The molecule has 0 aromatic heterocycles. The van der Waals surface area contributed by atoms with Crippen molar-refractivity contribution in [3.8, 4) is 17.2 Å². The summed E-state index contributed by atoms with van der Waals surface area (Å²) < 4.78 is 43.8. The summed E-state index contributed by atoms with van der Waals surface area (Å²) in [5, 5.41) is 0. The van der Waals surface area contributed by atoms with Crippen LogP contribution in [0.3, 0.4) is 0 Å². The highest BCUT2D eigenvalue weighted by atomic mass is 16.7. The Hall–Kier alpha value is -2.84. The molecule has 7 nitrogen and oxygen atoms in total. The fraction of sp³-hybridized carbons (Fsp3) is 0.568. The van der Waals surface area contributed by atoms with E-state index in [0.717, 1.165) is 24.3 Å². The molecule has 0 bridgehead atoms. The zero-order valence-corrected chi connectivity index (χ0v) is 26.3. The van der Waals surface area contributed by atoms with Crippen molar-refractivity contribution in [2.75, 3.05) is 26.9 Å². The Labute approximate surface area is 263 Å². The van der Waals surface area contributed by atoms with Gasteiger partial charge >= 0.3 is 0 Å². The second kappa shape index (κ2) is 17.0. The molecule has 3 aliphatic rings. The van der Waals surface area contributed by atoms with Crippen LogP contribution in [0.25, 0.3) is 0 Å². The van der Waals surface area contributed by atoms with E-state index in [0.29, 0.717) is 24.9 Å². The highest BCUT2D eigenvalue weighted by molar-refractivity contribution is 5.32. The van der Waals surface area contributed by atoms with Gasteiger partial charge in [-0.2, -0.15) is 0 Å². The molecule has 0 amide bonds. The summed E-state index contributed by atoms with van der Waals surface area (Å²) in [5.74, 6) is 2.96. The lowest BCUT2D eigenvalue weighted by Crippen LogP contribution is -2.63. The van der Waals surface area contributed by atoms with Crippen LogP contribution in [0.4, 0.5) is 0 Å². The third kappa shape index (κ3) is 8.87. The topological polar surface area (TPSA) is 64.6 Å². The maximum atomic E-state index is 6.49. The molecule has 3 fully saturated rings. The number of hydrogen-bond donors (Lipinski definition) is 0. The van der Waals surface area contributed by atoms with Crippen LogP contribution in [-0.2, 0) is 18.9 Å². The summed E-state index contributed by atoms with van der Waals surface area (Å²) in [6.07, 6.45) is 13.4. The molecular formula is C37H50O7. The molecule has 5 atom stereocenters. The third-order valence-corrected chi connectivity index (χ3v) is 8.96. The molecule has 2 aliphatic carbocycles. The number of ether oxygens (including phenoxy) is 7. The smallest absolute Gasteiger partial charge is 0.197 e. The van der Waals surface area contributed by atoms with Gasteiger partial charge in [0.15, 0.2) is 12.4 Å². The minimum absolute atomic E-state index is 0.262. The molecule has 7 heteroatoms. The Morgan fingerprint density at radius 2 is 1.25 bits per heavy atom. The van der Waals surface area contributed by atoms with Gasteiger partial charge in [0.2, 0.25) is 0 Å². The first-order valence-corrected chi connectivity index (χ1v) is 16.5. The molecule has 2 aromatic carbocycles. The number of methoxy groups -OCH3 is 1. The lowest BCUT2D eigenvalue weighted by molar-refractivity contribution is -0.299. The molecule has 5 rings (SSSR count). The Morgan fingerprint density at radius 1 is 0.682 bits per heavy atom. The lowest BCUT2D eigenvalue weighted by atomic mass is 9.84. The standard InChI is InChI=1S/C37H50O7/c1-4-24-39-34-33(26-41-29-18-16-28(17-19-29)27-12-8-6-9-13-27)44-37(38-3)36(35(34)40-25-5-2)43-32-22-20-31(21-23-32)42-30-14-10-7-11-15-30/h4-5,16-23,27,30,33-37H,1-2,6-15,24-26H2,3H3/t33-,34-,35+,36-,37+/m1/s1. The summed E-state index contributed by atoms with van der Waals surface area (Å²) in [6, 6.07) is 16.2. The van der Waals surface area contributed by atoms with Crippen LogP contribution in [0.5, 0.6) is 17.2 Å². The minimum Gasteiger partial charge on any atom is -0.491 e. The molecule has 0 N–H and O–H groups in total. The van der Waals surface area contributed by atoms with Crippen LogP contribution in [0.2, 0.25) is 0 Å². The summed E-state index contributed by atoms with van der Waals surface area (Å²) in [5.41, 5.74) is 1.39. The van der Waals surface area contributed by atoms with Gasteiger partial charge < -0.3 is 33.2 Å². The highest BCUT2D eigenvalue weighted by Crippen LogP contribution is 2.34. The van der Waals surface area contributed by atoms with Crippen LogP contribution in [0, 0.1) is 0 Å². The number of rotatable bonds is 15. The van der Waals surface area contributed by atoms with E-state index in [9.17, 15) is 0 Å². The first-order valence-electron chi connectivity index (χ1n) is 16.5. The summed E-state index contributed by atoms with van der Waals surface area (Å²) >= 11 is 0.